The first-order chi connectivity index (χ1) is 5.20. The van der Waals surface area contributed by atoms with Crippen LogP contribution in [-0.2, 0) is 4.79 Å². The van der Waals surface area contributed by atoms with Crippen molar-refractivity contribution in [2.24, 2.45) is 0 Å². The van der Waals surface area contributed by atoms with Crippen LogP contribution in [0.5, 0.6) is 5.75 Å². The van der Waals surface area contributed by atoms with Crippen LogP contribution < -0.4 is 5.32 Å². The van der Waals surface area contributed by atoms with Gasteiger partial charge in [0.25, 0.3) is 0 Å². The van der Waals surface area contributed by atoms with Crippen molar-refractivity contribution in [2.45, 2.75) is 6.92 Å². The molecular formula is C8H15CaNO4. The van der Waals surface area contributed by atoms with Gasteiger partial charge in [-0.3, -0.25) is 4.79 Å². The number of hydrogen-bond acceptors (Lipinski definition) is 2. The van der Waals surface area contributed by atoms with E-state index in [0.29, 0.717) is 5.69 Å². The molecule has 78 valence electrons. The molecule has 1 aromatic rings. The number of para-hydroxylation sites is 2. The molecule has 6 heteroatoms. The van der Waals surface area contributed by atoms with Gasteiger partial charge in [0.2, 0.25) is 5.91 Å². The Labute approximate surface area is 112 Å². The summed E-state index contributed by atoms with van der Waals surface area (Å²) in [4.78, 5) is 10.5. The van der Waals surface area contributed by atoms with Gasteiger partial charge in [-0.25, -0.2) is 0 Å². The molecule has 14 heavy (non-hydrogen) atoms. The van der Waals surface area contributed by atoms with Crippen molar-refractivity contribution in [1.82, 2.24) is 0 Å². The van der Waals surface area contributed by atoms with Crippen LogP contribution in [0.1, 0.15) is 6.92 Å². The molecule has 1 amide bonds. The molecule has 1 rings (SSSR count). The molecular weight excluding hydrogens is 214 g/mol. The second kappa shape index (κ2) is 9.23. The number of amides is 1. The first-order valence-corrected chi connectivity index (χ1v) is 3.26. The quantitative estimate of drug-likeness (QED) is 0.464. The molecule has 5 nitrogen and oxygen atoms in total. The number of aromatic hydroxyl groups is 1. The van der Waals surface area contributed by atoms with Crippen molar-refractivity contribution in [3.8, 4) is 5.75 Å². The molecule has 0 aliphatic rings. The number of rotatable bonds is 1. The van der Waals surface area contributed by atoms with E-state index < -0.39 is 0 Å². The van der Waals surface area contributed by atoms with Gasteiger partial charge in [0, 0.05) is 6.92 Å². The monoisotopic (exact) mass is 229 g/mol. The summed E-state index contributed by atoms with van der Waals surface area (Å²) in [5, 5.41) is 11.6. The van der Waals surface area contributed by atoms with Crippen molar-refractivity contribution >= 4 is 49.3 Å². The van der Waals surface area contributed by atoms with Crippen LogP contribution in [0.4, 0.5) is 5.69 Å². The number of nitrogens with one attached hydrogen (secondary N) is 1. The first-order valence-electron chi connectivity index (χ1n) is 3.26. The fourth-order valence-electron chi connectivity index (χ4n) is 0.769. The van der Waals surface area contributed by atoms with Crippen molar-refractivity contribution in [2.75, 3.05) is 5.32 Å². The van der Waals surface area contributed by atoms with E-state index in [2.05, 4.69) is 5.32 Å². The minimum atomic E-state index is -0.188. The molecule has 1 aromatic carbocycles. The molecule has 0 atom stereocenters. The van der Waals surface area contributed by atoms with Crippen LogP contribution >= 0.6 is 0 Å². The fraction of sp³-hybridized carbons (Fsp3) is 0.125. The van der Waals surface area contributed by atoms with Crippen LogP contribution in [0, 0.1) is 0 Å². The average molecular weight is 229 g/mol. The summed E-state index contributed by atoms with van der Waals surface area (Å²) >= 11 is 0. The molecule has 0 spiro atoms. The van der Waals surface area contributed by atoms with Crippen LogP contribution in [0.15, 0.2) is 24.3 Å². The van der Waals surface area contributed by atoms with Gasteiger partial charge < -0.3 is 21.4 Å². The maximum atomic E-state index is 10.5. The van der Waals surface area contributed by atoms with E-state index >= 15 is 0 Å². The Balaban J connectivity index is -0.000000403. The van der Waals surface area contributed by atoms with E-state index in [4.69, 9.17) is 5.11 Å². The number of carbonyl (C=O) groups is 1. The molecule has 0 saturated heterocycles. The zero-order valence-corrected chi connectivity index (χ0v) is 7.16. The summed E-state index contributed by atoms with van der Waals surface area (Å²) in [6.07, 6.45) is 0. The van der Waals surface area contributed by atoms with Crippen molar-refractivity contribution in [1.29, 1.82) is 0 Å². The Morgan fingerprint density at radius 1 is 1.29 bits per heavy atom. The predicted molar refractivity (Wildman–Crippen MR) is 58.2 cm³/mol. The van der Waals surface area contributed by atoms with E-state index in [9.17, 15) is 4.79 Å². The van der Waals surface area contributed by atoms with Gasteiger partial charge in [0.15, 0.2) is 0 Å². The van der Waals surface area contributed by atoms with Crippen molar-refractivity contribution in [3.05, 3.63) is 24.3 Å². The van der Waals surface area contributed by atoms with Crippen molar-refractivity contribution in [3.63, 3.8) is 0 Å². The number of carbonyl (C=O) groups excluding carboxylic acids is 1. The molecule has 0 saturated carbocycles. The number of benzene rings is 1. The Kier molecular flexibility index (Phi) is 12.7. The van der Waals surface area contributed by atoms with E-state index in [1.54, 1.807) is 18.2 Å². The normalized spacial score (nSPS) is 7.21. The number of anilines is 1. The summed E-state index contributed by atoms with van der Waals surface area (Å²) in [6.45, 7) is 1.40. The van der Waals surface area contributed by atoms with Gasteiger partial charge in [-0.1, -0.05) is 12.1 Å². The van der Waals surface area contributed by atoms with E-state index in [0.717, 1.165) is 0 Å². The van der Waals surface area contributed by atoms with Crippen LogP contribution in [0.3, 0.4) is 0 Å². The van der Waals surface area contributed by atoms with Gasteiger partial charge in [0.1, 0.15) is 5.75 Å². The Bertz CT molecular complexity index is 280. The second-order valence-electron chi connectivity index (χ2n) is 2.20. The van der Waals surface area contributed by atoms with Crippen LogP contribution in [0.2, 0.25) is 0 Å². The third-order valence-electron chi connectivity index (χ3n) is 1.21. The van der Waals surface area contributed by atoms with E-state index in [1.807, 2.05) is 0 Å². The van der Waals surface area contributed by atoms with Crippen molar-refractivity contribution < 1.29 is 20.9 Å². The van der Waals surface area contributed by atoms with Gasteiger partial charge in [0.05, 0.1) is 5.69 Å². The molecule has 6 N–H and O–H groups in total. The standard InChI is InChI=1S/C8H9NO2.Ca.2H2O.2H/c1-6(10)9-7-4-2-3-5-8(7)11;;;;;/h2-5,11H,1H3,(H,9,10);;2*1H2;;. The molecule has 0 bridgehead atoms. The molecule has 0 radical (unpaired) electrons. The SMILES string of the molecule is CC(=O)Nc1ccccc1O.O.O.[CaH2]. The minimum absolute atomic E-state index is 0. The van der Waals surface area contributed by atoms with Gasteiger partial charge in [-0.15, -0.1) is 0 Å². The summed E-state index contributed by atoms with van der Waals surface area (Å²) < 4.78 is 0. The van der Waals surface area contributed by atoms with E-state index in [1.165, 1.54) is 13.0 Å². The third-order valence-corrected chi connectivity index (χ3v) is 1.21. The first kappa shape index (κ1) is 19.3. The maximum absolute atomic E-state index is 10.5. The zero-order chi connectivity index (χ0) is 8.27. The van der Waals surface area contributed by atoms with Gasteiger partial charge >= 0.3 is 37.7 Å². The van der Waals surface area contributed by atoms with Crippen LogP contribution in [0.25, 0.3) is 0 Å². The molecule has 0 aromatic heterocycles. The molecule has 0 aliphatic heterocycles. The molecule has 0 aliphatic carbocycles. The zero-order valence-electron chi connectivity index (χ0n) is 7.16. The Morgan fingerprint density at radius 2 is 1.79 bits per heavy atom. The number of phenols is 1. The van der Waals surface area contributed by atoms with Gasteiger partial charge in [-0.2, -0.15) is 0 Å². The summed E-state index contributed by atoms with van der Waals surface area (Å²) in [7, 11) is 0. The molecule has 0 unspecified atom stereocenters. The van der Waals surface area contributed by atoms with Crippen LogP contribution in [-0.4, -0.2) is 59.7 Å². The summed E-state index contributed by atoms with van der Waals surface area (Å²) in [5.74, 6) is -0.103. The Hall–Kier alpha value is -0.330. The van der Waals surface area contributed by atoms with Gasteiger partial charge in [-0.05, 0) is 12.1 Å². The number of phenolic OH excluding ortho intramolecular Hbond substituents is 1. The fourth-order valence-corrected chi connectivity index (χ4v) is 0.769. The predicted octanol–water partition coefficient (Wildman–Crippen LogP) is -1.22. The second-order valence-corrected chi connectivity index (χ2v) is 2.20. The average Bonchev–Trinajstić information content (AvgIpc) is 1.93. The topological polar surface area (TPSA) is 112 Å². The molecule has 0 heterocycles. The van der Waals surface area contributed by atoms with E-state index in [-0.39, 0.29) is 60.3 Å². The number of hydrogen-bond donors (Lipinski definition) is 2. The summed E-state index contributed by atoms with van der Waals surface area (Å²) in [6, 6.07) is 6.59. The Morgan fingerprint density at radius 3 is 2.21 bits per heavy atom. The molecule has 0 fully saturated rings. The summed E-state index contributed by atoms with van der Waals surface area (Å²) in [5.41, 5.74) is 0.444. The third kappa shape index (κ3) is 6.17.